The van der Waals surface area contributed by atoms with Crippen LogP contribution in [-0.4, -0.2) is 24.9 Å². The molecule has 0 aromatic heterocycles. The molecule has 1 aliphatic carbocycles. The fraction of sp³-hybridized carbons (Fsp3) is 1.00. The van der Waals surface area contributed by atoms with Crippen molar-refractivity contribution in [2.45, 2.75) is 32.8 Å². The Morgan fingerprint density at radius 1 is 1.58 bits per heavy atom. The van der Waals surface area contributed by atoms with Crippen LogP contribution in [0.5, 0.6) is 0 Å². The minimum absolute atomic E-state index is 0.102. The van der Waals surface area contributed by atoms with E-state index in [-0.39, 0.29) is 6.10 Å². The zero-order valence-electron chi connectivity index (χ0n) is 8.29. The number of methoxy groups -OCH3 is 1. The van der Waals surface area contributed by atoms with Crippen molar-refractivity contribution in [2.24, 2.45) is 17.8 Å². The number of hydrogen-bond acceptors (Lipinski definition) is 2. The minimum Gasteiger partial charge on any atom is -0.393 e. The smallest absolute Gasteiger partial charge is 0.0597 e. The topological polar surface area (TPSA) is 29.5 Å². The van der Waals surface area contributed by atoms with Crippen LogP contribution in [0.2, 0.25) is 0 Å². The van der Waals surface area contributed by atoms with Gasteiger partial charge in [0.25, 0.3) is 0 Å². The molecular weight excluding hydrogens is 152 g/mol. The first-order valence-corrected chi connectivity index (χ1v) is 4.83. The average molecular weight is 172 g/mol. The molecule has 0 bridgehead atoms. The Morgan fingerprint density at radius 2 is 2.17 bits per heavy atom. The first-order valence-electron chi connectivity index (χ1n) is 4.83. The third kappa shape index (κ3) is 2.46. The second-order valence-electron chi connectivity index (χ2n) is 4.13. The highest BCUT2D eigenvalue weighted by atomic mass is 16.5. The zero-order chi connectivity index (χ0) is 9.14. The Morgan fingerprint density at radius 3 is 2.58 bits per heavy atom. The van der Waals surface area contributed by atoms with Gasteiger partial charge in [0.05, 0.1) is 6.10 Å². The average Bonchev–Trinajstić information content (AvgIpc) is 2.77. The molecule has 72 valence electrons. The molecule has 0 spiro atoms. The van der Waals surface area contributed by atoms with Crippen LogP contribution in [-0.2, 0) is 4.74 Å². The molecule has 0 heterocycles. The van der Waals surface area contributed by atoms with Crippen LogP contribution in [0.1, 0.15) is 26.7 Å². The van der Waals surface area contributed by atoms with Gasteiger partial charge in [-0.3, -0.25) is 0 Å². The molecule has 4 unspecified atom stereocenters. The predicted octanol–water partition coefficient (Wildman–Crippen LogP) is 1.68. The summed E-state index contributed by atoms with van der Waals surface area (Å²) in [7, 11) is 1.71. The fourth-order valence-corrected chi connectivity index (χ4v) is 1.72. The molecule has 0 amide bonds. The van der Waals surface area contributed by atoms with E-state index in [0.717, 1.165) is 18.9 Å². The van der Waals surface area contributed by atoms with Gasteiger partial charge in [0.15, 0.2) is 0 Å². The lowest BCUT2D eigenvalue weighted by Crippen LogP contribution is -2.21. The van der Waals surface area contributed by atoms with Gasteiger partial charge in [-0.1, -0.05) is 13.8 Å². The second kappa shape index (κ2) is 4.24. The molecule has 0 aliphatic heterocycles. The van der Waals surface area contributed by atoms with Crippen molar-refractivity contribution < 1.29 is 9.84 Å². The minimum atomic E-state index is -0.102. The van der Waals surface area contributed by atoms with Crippen LogP contribution in [0.4, 0.5) is 0 Å². The first-order chi connectivity index (χ1) is 5.66. The quantitative estimate of drug-likeness (QED) is 0.683. The van der Waals surface area contributed by atoms with Gasteiger partial charge in [0, 0.05) is 13.7 Å². The molecule has 12 heavy (non-hydrogen) atoms. The van der Waals surface area contributed by atoms with E-state index >= 15 is 0 Å². The fourth-order valence-electron chi connectivity index (χ4n) is 1.72. The van der Waals surface area contributed by atoms with E-state index < -0.39 is 0 Å². The molecular formula is C10H20O2. The van der Waals surface area contributed by atoms with E-state index in [1.54, 1.807) is 7.11 Å². The van der Waals surface area contributed by atoms with Gasteiger partial charge in [-0.05, 0) is 30.6 Å². The maximum atomic E-state index is 9.80. The lowest BCUT2D eigenvalue weighted by Gasteiger charge is -2.18. The van der Waals surface area contributed by atoms with E-state index in [4.69, 9.17) is 4.74 Å². The summed E-state index contributed by atoms with van der Waals surface area (Å²) in [6, 6.07) is 0. The Hall–Kier alpha value is -0.0800. The molecule has 0 aromatic rings. The maximum Gasteiger partial charge on any atom is 0.0597 e. The summed E-state index contributed by atoms with van der Waals surface area (Å²) in [6.07, 6.45) is 2.08. The SMILES string of the molecule is COCCC(C)C(O)C1CC1C. The van der Waals surface area contributed by atoms with Gasteiger partial charge in [-0.2, -0.15) is 0 Å². The van der Waals surface area contributed by atoms with Crippen LogP contribution >= 0.6 is 0 Å². The number of rotatable bonds is 5. The second-order valence-corrected chi connectivity index (χ2v) is 4.13. The monoisotopic (exact) mass is 172 g/mol. The summed E-state index contributed by atoms with van der Waals surface area (Å²) in [5.41, 5.74) is 0. The van der Waals surface area contributed by atoms with E-state index in [1.807, 2.05) is 0 Å². The largest absolute Gasteiger partial charge is 0.393 e. The van der Waals surface area contributed by atoms with Crippen LogP contribution in [0.25, 0.3) is 0 Å². The van der Waals surface area contributed by atoms with E-state index in [0.29, 0.717) is 11.8 Å². The summed E-state index contributed by atoms with van der Waals surface area (Å²) in [6.45, 7) is 5.07. The summed E-state index contributed by atoms with van der Waals surface area (Å²) in [5, 5.41) is 9.80. The molecule has 0 saturated heterocycles. The van der Waals surface area contributed by atoms with Crippen molar-refractivity contribution in [1.29, 1.82) is 0 Å². The van der Waals surface area contributed by atoms with Gasteiger partial charge in [-0.15, -0.1) is 0 Å². The van der Waals surface area contributed by atoms with Gasteiger partial charge in [0.1, 0.15) is 0 Å². The van der Waals surface area contributed by atoms with Crippen molar-refractivity contribution in [2.75, 3.05) is 13.7 Å². The highest BCUT2D eigenvalue weighted by Crippen LogP contribution is 2.43. The van der Waals surface area contributed by atoms with Gasteiger partial charge in [0.2, 0.25) is 0 Å². The first kappa shape index (κ1) is 10.0. The third-order valence-corrected chi connectivity index (χ3v) is 2.97. The summed E-state index contributed by atoms with van der Waals surface area (Å²) < 4.78 is 4.98. The molecule has 0 aromatic carbocycles. The van der Waals surface area contributed by atoms with Crippen molar-refractivity contribution in [3.05, 3.63) is 0 Å². The van der Waals surface area contributed by atoms with Crippen LogP contribution in [0.3, 0.4) is 0 Å². The molecule has 4 atom stereocenters. The Balaban J connectivity index is 2.17. The molecule has 0 radical (unpaired) electrons. The zero-order valence-corrected chi connectivity index (χ0v) is 8.29. The van der Waals surface area contributed by atoms with Crippen LogP contribution < -0.4 is 0 Å². The Kier molecular flexibility index (Phi) is 3.53. The molecule has 1 aliphatic rings. The maximum absolute atomic E-state index is 9.80. The van der Waals surface area contributed by atoms with E-state index in [2.05, 4.69) is 13.8 Å². The molecule has 2 nitrogen and oxygen atoms in total. The lowest BCUT2D eigenvalue weighted by molar-refractivity contribution is 0.0685. The number of hydrogen-bond donors (Lipinski definition) is 1. The van der Waals surface area contributed by atoms with Gasteiger partial charge < -0.3 is 9.84 Å². The molecule has 1 fully saturated rings. The third-order valence-electron chi connectivity index (χ3n) is 2.97. The van der Waals surface area contributed by atoms with Crippen molar-refractivity contribution in [1.82, 2.24) is 0 Å². The highest BCUT2D eigenvalue weighted by molar-refractivity contribution is 4.90. The molecule has 1 saturated carbocycles. The molecule has 1 N–H and O–H groups in total. The highest BCUT2D eigenvalue weighted by Gasteiger charge is 2.40. The summed E-state index contributed by atoms with van der Waals surface area (Å²) >= 11 is 0. The number of aliphatic hydroxyl groups excluding tert-OH is 1. The number of ether oxygens (including phenoxy) is 1. The Labute approximate surface area is 74.9 Å². The molecule has 1 rings (SSSR count). The Bertz CT molecular complexity index is 136. The van der Waals surface area contributed by atoms with E-state index in [9.17, 15) is 5.11 Å². The van der Waals surface area contributed by atoms with E-state index in [1.165, 1.54) is 6.42 Å². The van der Waals surface area contributed by atoms with Crippen LogP contribution in [0.15, 0.2) is 0 Å². The van der Waals surface area contributed by atoms with Gasteiger partial charge in [-0.25, -0.2) is 0 Å². The van der Waals surface area contributed by atoms with Gasteiger partial charge >= 0.3 is 0 Å². The summed E-state index contributed by atoms with van der Waals surface area (Å²) in [5.74, 6) is 1.70. The normalized spacial score (nSPS) is 33.0. The van der Waals surface area contributed by atoms with Crippen molar-refractivity contribution >= 4 is 0 Å². The number of aliphatic hydroxyl groups is 1. The standard InChI is InChI=1S/C10H20O2/c1-7(4-5-12-3)10(11)9-6-8(9)2/h7-11H,4-6H2,1-3H3. The lowest BCUT2D eigenvalue weighted by atomic mass is 9.97. The predicted molar refractivity (Wildman–Crippen MR) is 48.9 cm³/mol. The van der Waals surface area contributed by atoms with Crippen LogP contribution in [0, 0.1) is 17.8 Å². The van der Waals surface area contributed by atoms with Crippen molar-refractivity contribution in [3.63, 3.8) is 0 Å². The molecule has 2 heteroatoms. The van der Waals surface area contributed by atoms with Crippen molar-refractivity contribution in [3.8, 4) is 0 Å². The summed E-state index contributed by atoms with van der Waals surface area (Å²) in [4.78, 5) is 0.